The number of methoxy groups -OCH3 is 1. The molecule has 1 amide bonds. The summed E-state index contributed by atoms with van der Waals surface area (Å²) in [6.07, 6.45) is 1.53. The molecule has 0 unspecified atom stereocenters. The average molecular weight is 154 g/mol. The van der Waals surface area contributed by atoms with Crippen LogP contribution in [-0.4, -0.2) is 18.0 Å². The van der Waals surface area contributed by atoms with Gasteiger partial charge in [-0.3, -0.25) is 4.79 Å². The summed E-state index contributed by atoms with van der Waals surface area (Å²) < 4.78 is 4.79. The van der Waals surface area contributed by atoms with Crippen molar-refractivity contribution in [2.24, 2.45) is 5.73 Å². The fourth-order valence-corrected chi connectivity index (χ4v) is 0.741. The van der Waals surface area contributed by atoms with Crippen molar-refractivity contribution in [3.63, 3.8) is 0 Å². The van der Waals surface area contributed by atoms with Crippen LogP contribution in [-0.2, 0) is 0 Å². The van der Waals surface area contributed by atoms with Crippen LogP contribution in [0, 0.1) is 0 Å². The number of hydrogen-bond donors (Lipinski definition) is 1. The highest BCUT2D eigenvalue weighted by Crippen LogP contribution is 2.11. The number of nitrogens with zero attached hydrogens (tertiary/aromatic N) is 1. The molecule has 4 heteroatoms. The SMILES string of the molecule is COc1ncccc1C(N)=O.[HH]. The van der Waals surface area contributed by atoms with Crippen molar-refractivity contribution in [3.8, 4) is 5.88 Å². The van der Waals surface area contributed by atoms with Crippen LogP contribution in [0.4, 0.5) is 0 Å². The Labute approximate surface area is 65.5 Å². The van der Waals surface area contributed by atoms with Crippen molar-refractivity contribution >= 4 is 5.91 Å². The number of primary amides is 1. The molecule has 60 valence electrons. The Morgan fingerprint density at radius 1 is 1.82 bits per heavy atom. The molecule has 0 spiro atoms. The molecule has 0 aliphatic heterocycles. The summed E-state index contributed by atoms with van der Waals surface area (Å²) in [4.78, 5) is 14.5. The van der Waals surface area contributed by atoms with Gasteiger partial charge in [-0.1, -0.05) is 0 Å². The molecular formula is C7H10N2O2. The van der Waals surface area contributed by atoms with Gasteiger partial charge in [0.1, 0.15) is 5.56 Å². The van der Waals surface area contributed by atoms with Crippen LogP contribution in [0.25, 0.3) is 0 Å². The van der Waals surface area contributed by atoms with Gasteiger partial charge in [0, 0.05) is 7.62 Å². The summed E-state index contributed by atoms with van der Waals surface area (Å²) >= 11 is 0. The number of aromatic nitrogens is 1. The summed E-state index contributed by atoms with van der Waals surface area (Å²) in [5, 5.41) is 0. The van der Waals surface area contributed by atoms with E-state index in [9.17, 15) is 4.79 Å². The normalized spacial score (nSPS) is 9.18. The minimum Gasteiger partial charge on any atom is -0.480 e. The van der Waals surface area contributed by atoms with E-state index in [1.54, 1.807) is 12.1 Å². The summed E-state index contributed by atoms with van der Waals surface area (Å²) in [5.41, 5.74) is 5.33. The molecule has 0 aliphatic carbocycles. The van der Waals surface area contributed by atoms with Crippen molar-refractivity contribution in [1.82, 2.24) is 4.98 Å². The van der Waals surface area contributed by atoms with Gasteiger partial charge in [0.2, 0.25) is 5.88 Å². The minimum absolute atomic E-state index is 0. The first-order valence-electron chi connectivity index (χ1n) is 3.04. The lowest BCUT2D eigenvalue weighted by Gasteiger charge is -2.01. The second-order valence-electron chi connectivity index (χ2n) is 1.92. The quantitative estimate of drug-likeness (QED) is 0.672. The molecule has 0 aliphatic rings. The molecule has 1 rings (SSSR count). The van der Waals surface area contributed by atoms with Crippen molar-refractivity contribution in [3.05, 3.63) is 23.9 Å². The lowest BCUT2D eigenvalue weighted by atomic mass is 10.2. The monoisotopic (exact) mass is 154 g/mol. The van der Waals surface area contributed by atoms with E-state index in [0.717, 1.165) is 0 Å². The smallest absolute Gasteiger partial charge is 0.254 e. The van der Waals surface area contributed by atoms with Gasteiger partial charge in [-0.2, -0.15) is 0 Å². The fraction of sp³-hybridized carbons (Fsp3) is 0.143. The molecule has 0 aromatic carbocycles. The number of rotatable bonds is 2. The van der Waals surface area contributed by atoms with Crippen LogP contribution in [0.15, 0.2) is 18.3 Å². The van der Waals surface area contributed by atoms with Crippen LogP contribution in [0.3, 0.4) is 0 Å². The Morgan fingerprint density at radius 3 is 3.00 bits per heavy atom. The second kappa shape index (κ2) is 3.01. The molecule has 1 heterocycles. The zero-order chi connectivity index (χ0) is 8.27. The first-order valence-corrected chi connectivity index (χ1v) is 3.04. The minimum atomic E-state index is -0.532. The molecule has 2 N–H and O–H groups in total. The van der Waals surface area contributed by atoms with Gasteiger partial charge >= 0.3 is 0 Å². The molecule has 11 heavy (non-hydrogen) atoms. The third-order valence-electron chi connectivity index (χ3n) is 1.23. The highest BCUT2D eigenvalue weighted by molar-refractivity contribution is 5.94. The zero-order valence-electron chi connectivity index (χ0n) is 6.07. The van der Waals surface area contributed by atoms with Crippen molar-refractivity contribution in [2.75, 3.05) is 7.11 Å². The molecule has 0 atom stereocenters. The van der Waals surface area contributed by atoms with Gasteiger partial charge in [-0.15, -0.1) is 0 Å². The van der Waals surface area contributed by atoms with Crippen LogP contribution >= 0.6 is 0 Å². The Hall–Kier alpha value is -1.58. The number of carbonyl (C=O) groups is 1. The number of carbonyl (C=O) groups excluding carboxylic acids is 1. The molecule has 1 aromatic heterocycles. The summed E-state index contributed by atoms with van der Waals surface area (Å²) in [6, 6.07) is 3.19. The molecule has 0 fully saturated rings. The van der Waals surface area contributed by atoms with Gasteiger partial charge in [0.05, 0.1) is 7.11 Å². The number of amides is 1. The molecule has 0 radical (unpaired) electrons. The average Bonchev–Trinajstić information content (AvgIpc) is 2.04. The number of ether oxygens (including phenoxy) is 1. The largest absolute Gasteiger partial charge is 0.480 e. The van der Waals surface area contributed by atoms with Gasteiger partial charge in [-0.05, 0) is 12.1 Å². The lowest BCUT2D eigenvalue weighted by molar-refractivity contribution is 0.0996. The molecule has 0 saturated heterocycles. The molecule has 0 bridgehead atoms. The van der Waals surface area contributed by atoms with E-state index in [2.05, 4.69) is 4.98 Å². The van der Waals surface area contributed by atoms with Crippen LogP contribution in [0.1, 0.15) is 11.8 Å². The topological polar surface area (TPSA) is 65.2 Å². The predicted octanol–water partition coefficient (Wildman–Crippen LogP) is 0.435. The molecular weight excluding hydrogens is 144 g/mol. The summed E-state index contributed by atoms with van der Waals surface area (Å²) in [7, 11) is 1.44. The van der Waals surface area contributed by atoms with Crippen LogP contribution in [0.2, 0.25) is 0 Å². The highest BCUT2D eigenvalue weighted by atomic mass is 16.5. The Bertz CT molecular complexity index is 278. The first-order chi connectivity index (χ1) is 5.25. The van der Waals surface area contributed by atoms with Crippen LogP contribution in [0.5, 0.6) is 5.88 Å². The second-order valence-corrected chi connectivity index (χ2v) is 1.92. The number of hydrogen-bond acceptors (Lipinski definition) is 3. The zero-order valence-corrected chi connectivity index (χ0v) is 6.07. The number of nitrogens with two attached hydrogens (primary N) is 1. The van der Waals surface area contributed by atoms with Crippen molar-refractivity contribution < 1.29 is 11.0 Å². The number of pyridine rings is 1. The van der Waals surface area contributed by atoms with Crippen molar-refractivity contribution in [2.45, 2.75) is 0 Å². The molecule has 4 nitrogen and oxygen atoms in total. The van der Waals surface area contributed by atoms with E-state index in [0.29, 0.717) is 5.56 Å². The van der Waals surface area contributed by atoms with Gasteiger partial charge in [-0.25, -0.2) is 4.98 Å². The third kappa shape index (κ3) is 1.46. The highest BCUT2D eigenvalue weighted by Gasteiger charge is 2.07. The summed E-state index contributed by atoms with van der Waals surface area (Å²) in [5.74, 6) is -0.269. The van der Waals surface area contributed by atoms with E-state index in [1.165, 1.54) is 13.3 Å². The standard InChI is InChI=1S/C7H8N2O2.H2/c1-11-7-5(6(8)10)3-2-4-9-7;/h2-4H,1H3,(H2,8,10);1H. The summed E-state index contributed by atoms with van der Waals surface area (Å²) in [6.45, 7) is 0. The predicted molar refractivity (Wildman–Crippen MR) is 41.4 cm³/mol. The van der Waals surface area contributed by atoms with E-state index in [1.807, 2.05) is 0 Å². The Balaban J connectivity index is 0.00000121. The van der Waals surface area contributed by atoms with Gasteiger partial charge in [0.25, 0.3) is 5.91 Å². The lowest BCUT2D eigenvalue weighted by Crippen LogP contribution is -2.12. The van der Waals surface area contributed by atoms with Crippen molar-refractivity contribution in [1.29, 1.82) is 0 Å². The molecule has 1 aromatic rings. The third-order valence-corrected chi connectivity index (χ3v) is 1.23. The van der Waals surface area contributed by atoms with E-state index in [4.69, 9.17) is 10.5 Å². The maximum absolute atomic E-state index is 10.7. The van der Waals surface area contributed by atoms with Gasteiger partial charge in [0.15, 0.2) is 0 Å². The Morgan fingerprint density at radius 2 is 2.55 bits per heavy atom. The molecule has 0 saturated carbocycles. The maximum Gasteiger partial charge on any atom is 0.254 e. The van der Waals surface area contributed by atoms with Crippen LogP contribution < -0.4 is 10.5 Å². The van der Waals surface area contributed by atoms with E-state index >= 15 is 0 Å². The van der Waals surface area contributed by atoms with E-state index < -0.39 is 5.91 Å². The maximum atomic E-state index is 10.7. The fourth-order valence-electron chi connectivity index (χ4n) is 0.741. The first kappa shape index (κ1) is 7.53. The van der Waals surface area contributed by atoms with Gasteiger partial charge < -0.3 is 10.5 Å². The Kier molecular flexibility index (Phi) is 2.06. The van der Waals surface area contributed by atoms with E-state index in [-0.39, 0.29) is 7.31 Å².